The summed E-state index contributed by atoms with van der Waals surface area (Å²) >= 11 is 4.59. The van der Waals surface area contributed by atoms with Gasteiger partial charge < -0.3 is 0 Å². The van der Waals surface area contributed by atoms with E-state index in [1.54, 1.807) is 14.1 Å². The van der Waals surface area contributed by atoms with Gasteiger partial charge in [0.25, 0.3) is 0 Å². The van der Waals surface area contributed by atoms with E-state index in [1.807, 2.05) is 0 Å². The Labute approximate surface area is 74.6 Å². The first kappa shape index (κ1) is 11.6. The van der Waals surface area contributed by atoms with Gasteiger partial charge in [-0.05, 0) is 11.6 Å². The van der Waals surface area contributed by atoms with Gasteiger partial charge in [0.15, 0.2) is 0 Å². The molecule has 72 valence electrons. The number of carbonyl (C=O) groups excluding carboxylic acids is 1. The molecule has 0 fully saturated rings. The molecule has 0 aliphatic heterocycles. The van der Waals surface area contributed by atoms with Crippen LogP contribution in [0.3, 0.4) is 0 Å². The van der Waals surface area contributed by atoms with Gasteiger partial charge in [-0.15, -0.1) is 0 Å². The SMILES string of the molecule is CN(C)NC(=O)CCC(F)(F)Cl. The molecule has 0 aromatic carbocycles. The standard InChI is InChI=1S/C6H11ClF2N2O/c1-11(2)10-5(12)3-4-6(7,8)9/h3-4H2,1-2H3,(H,10,12). The summed E-state index contributed by atoms with van der Waals surface area (Å²) in [6.07, 6.45) is -0.928. The maximum atomic E-state index is 12.0. The molecule has 12 heavy (non-hydrogen) atoms. The fourth-order valence-electron chi connectivity index (χ4n) is 0.561. The Morgan fingerprint density at radius 1 is 1.58 bits per heavy atom. The van der Waals surface area contributed by atoms with Crippen LogP contribution >= 0.6 is 11.6 Å². The molecule has 6 heteroatoms. The largest absolute Gasteiger partial charge is 0.322 e. The third-order valence-corrected chi connectivity index (χ3v) is 1.17. The van der Waals surface area contributed by atoms with Crippen LogP contribution in [0.5, 0.6) is 0 Å². The van der Waals surface area contributed by atoms with E-state index >= 15 is 0 Å². The molecule has 0 aromatic heterocycles. The monoisotopic (exact) mass is 200 g/mol. The average Bonchev–Trinajstić information content (AvgIpc) is 1.80. The molecule has 0 heterocycles. The van der Waals surface area contributed by atoms with Crippen molar-refractivity contribution in [3.05, 3.63) is 0 Å². The van der Waals surface area contributed by atoms with Crippen molar-refractivity contribution in [3.63, 3.8) is 0 Å². The second kappa shape index (κ2) is 4.57. The van der Waals surface area contributed by atoms with Crippen LogP contribution < -0.4 is 5.43 Å². The van der Waals surface area contributed by atoms with Crippen molar-refractivity contribution in [3.8, 4) is 0 Å². The zero-order chi connectivity index (χ0) is 9.78. The quantitative estimate of drug-likeness (QED) is 0.546. The van der Waals surface area contributed by atoms with Crippen molar-refractivity contribution in [2.45, 2.75) is 18.2 Å². The molecular weight excluding hydrogens is 190 g/mol. The van der Waals surface area contributed by atoms with Gasteiger partial charge in [0.05, 0.1) is 0 Å². The number of hydrogen-bond donors (Lipinski definition) is 1. The third-order valence-electron chi connectivity index (χ3n) is 0.984. The van der Waals surface area contributed by atoms with Crippen LogP contribution in [0.25, 0.3) is 0 Å². The van der Waals surface area contributed by atoms with Crippen LogP contribution in [0.1, 0.15) is 12.8 Å². The summed E-state index contributed by atoms with van der Waals surface area (Å²) in [5, 5.41) is -1.90. The molecule has 0 saturated heterocycles. The maximum absolute atomic E-state index is 12.0. The summed E-state index contributed by atoms with van der Waals surface area (Å²) in [6.45, 7) is 0. The number of amides is 1. The summed E-state index contributed by atoms with van der Waals surface area (Å²) < 4.78 is 24.0. The summed E-state index contributed by atoms with van der Waals surface area (Å²) in [5.74, 6) is -0.472. The molecule has 0 aromatic rings. The van der Waals surface area contributed by atoms with Crippen molar-refractivity contribution in [2.75, 3.05) is 14.1 Å². The maximum Gasteiger partial charge on any atom is 0.322 e. The van der Waals surface area contributed by atoms with Crippen LogP contribution in [0, 0.1) is 0 Å². The molecule has 0 saturated carbocycles. The van der Waals surface area contributed by atoms with Gasteiger partial charge in [0.2, 0.25) is 5.91 Å². The van der Waals surface area contributed by atoms with Crippen molar-refractivity contribution in [1.82, 2.24) is 10.4 Å². The molecular formula is C6H11ClF2N2O. The molecule has 3 nitrogen and oxygen atoms in total. The molecule has 0 aliphatic carbocycles. The van der Waals surface area contributed by atoms with Gasteiger partial charge in [-0.25, -0.2) is 5.01 Å². The van der Waals surface area contributed by atoms with E-state index in [1.165, 1.54) is 5.01 Å². The highest BCUT2D eigenvalue weighted by Gasteiger charge is 2.25. The van der Waals surface area contributed by atoms with Gasteiger partial charge in [0.1, 0.15) is 0 Å². The van der Waals surface area contributed by atoms with Crippen LogP contribution in [-0.4, -0.2) is 30.4 Å². The van der Waals surface area contributed by atoms with Gasteiger partial charge >= 0.3 is 5.38 Å². The molecule has 0 aliphatic rings. The van der Waals surface area contributed by atoms with Crippen LogP contribution in [0.15, 0.2) is 0 Å². The number of halogens is 3. The lowest BCUT2D eigenvalue weighted by molar-refractivity contribution is -0.125. The number of nitrogens with one attached hydrogen (secondary N) is 1. The summed E-state index contributed by atoms with van der Waals surface area (Å²) in [4.78, 5) is 10.8. The summed E-state index contributed by atoms with van der Waals surface area (Å²) in [5.41, 5.74) is 2.32. The Kier molecular flexibility index (Phi) is 4.41. The third kappa shape index (κ3) is 7.68. The van der Waals surface area contributed by atoms with E-state index in [0.29, 0.717) is 0 Å². The van der Waals surface area contributed by atoms with Gasteiger partial charge in [-0.2, -0.15) is 8.78 Å². The number of hydrogen-bond acceptors (Lipinski definition) is 2. The van der Waals surface area contributed by atoms with E-state index in [0.717, 1.165) is 0 Å². The van der Waals surface area contributed by atoms with E-state index in [4.69, 9.17) is 0 Å². The van der Waals surface area contributed by atoms with Crippen molar-refractivity contribution in [2.24, 2.45) is 0 Å². The van der Waals surface area contributed by atoms with E-state index in [2.05, 4.69) is 17.0 Å². The molecule has 0 rings (SSSR count). The fourth-order valence-corrected chi connectivity index (χ4v) is 0.655. The summed E-state index contributed by atoms with van der Waals surface area (Å²) in [6, 6.07) is 0. The normalized spacial score (nSPS) is 11.8. The molecule has 0 unspecified atom stereocenters. The average molecular weight is 201 g/mol. The van der Waals surface area contributed by atoms with Crippen LogP contribution in [0.2, 0.25) is 0 Å². The Morgan fingerprint density at radius 2 is 2.08 bits per heavy atom. The second-order valence-electron chi connectivity index (χ2n) is 2.54. The first-order valence-electron chi connectivity index (χ1n) is 3.35. The zero-order valence-corrected chi connectivity index (χ0v) is 7.66. The van der Waals surface area contributed by atoms with Crippen molar-refractivity contribution >= 4 is 17.5 Å². The molecule has 0 radical (unpaired) electrons. The second-order valence-corrected chi connectivity index (χ2v) is 3.10. The minimum absolute atomic E-state index is 0.283. The first-order chi connectivity index (χ1) is 5.31. The first-order valence-corrected chi connectivity index (χ1v) is 3.72. The molecule has 1 amide bonds. The number of carbonyl (C=O) groups is 1. The number of hydrazine groups is 1. The predicted octanol–water partition coefficient (Wildman–Crippen LogP) is 1.19. The van der Waals surface area contributed by atoms with Gasteiger partial charge in [-0.3, -0.25) is 10.2 Å². The summed E-state index contributed by atoms with van der Waals surface area (Å²) in [7, 11) is 3.19. The lowest BCUT2D eigenvalue weighted by atomic mass is 10.3. The fraction of sp³-hybridized carbons (Fsp3) is 0.833. The van der Waals surface area contributed by atoms with Crippen molar-refractivity contribution in [1.29, 1.82) is 0 Å². The Morgan fingerprint density at radius 3 is 2.42 bits per heavy atom. The highest BCUT2D eigenvalue weighted by molar-refractivity contribution is 6.21. The Hall–Kier alpha value is -0.420. The smallest absolute Gasteiger partial charge is 0.289 e. The molecule has 0 atom stereocenters. The molecule has 0 bridgehead atoms. The van der Waals surface area contributed by atoms with E-state index < -0.39 is 17.7 Å². The Bertz CT molecular complexity index is 158. The molecule has 0 spiro atoms. The number of nitrogens with zero attached hydrogens (tertiary/aromatic N) is 1. The van der Waals surface area contributed by atoms with E-state index in [9.17, 15) is 13.6 Å². The Balaban J connectivity index is 3.58. The van der Waals surface area contributed by atoms with Crippen LogP contribution in [-0.2, 0) is 4.79 Å². The molecule has 1 N–H and O–H groups in total. The van der Waals surface area contributed by atoms with Crippen molar-refractivity contribution < 1.29 is 13.6 Å². The van der Waals surface area contributed by atoms with Crippen LogP contribution in [0.4, 0.5) is 8.78 Å². The lowest BCUT2D eigenvalue weighted by Crippen LogP contribution is -2.36. The van der Waals surface area contributed by atoms with Gasteiger partial charge in [0, 0.05) is 26.9 Å². The zero-order valence-electron chi connectivity index (χ0n) is 6.90. The predicted molar refractivity (Wildman–Crippen MR) is 41.9 cm³/mol. The number of alkyl halides is 3. The topological polar surface area (TPSA) is 32.3 Å². The highest BCUT2D eigenvalue weighted by atomic mass is 35.5. The lowest BCUT2D eigenvalue weighted by Gasteiger charge is -2.12. The van der Waals surface area contributed by atoms with Gasteiger partial charge in [-0.1, -0.05) is 0 Å². The minimum atomic E-state index is -3.29. The number of rotatable bonds is 4. The highest BCUT2D eigenvalue weighted by Crippen LogP contribution is 2.24. The van der Waals surface area contributed by atoms with E-state index in [-0.39, 0.29) is 6.42 Å². The minimum Gasteiger partial charge on any atom is -0.289 e.